The summed E-state index contributed by atoms with van der Waals surface area (Å²) in [7, 11) is 0. The summed E-state index contributed by atoms with van der Waals surface area (Å²) in [6, 6.07) is 0. The quantitative estimate of drug-likeness (QED) is 0.364. The molecule has 4 nitrogen and oxygen atoms in total. The number of hydrogen-bond acceptors (Lipinski definition) is 4. The van der Waals surface area contributed by atoms with Gasteiger partial charge in [-0.25, -0.2) is 0 Å². The van der Waals surface area contributed by atoms with E-state index in [0.717, 1.165) is 32.3 Å². The average molecular weight is 350 g/mol. The molecule has 0 amide bonds. The number of carbonyl (C=O) groups excluding carboxylic acids is 1. The van der Waals surface area contributed by atoms with Crippen LogP contribution in [0.4, 0.5) is 0 Å². The average Bonchev–Trinajstić information content (AvgIpc) is 3.08. The van der Waals surface area contributed by atoms with Gasteiger partial charge in [0.15, 0.2) is 6.29 Å². The van der Waals surface area contributed by atoms with E-state index in [1.54, 1.807) is 0 Å². The first-order chi connectivity index (χ1) is 12.2. The fourth-order valence-electron chi connectivity index (χ4n) is 4.58. The molecule has 142 valence electrons. The second-order valence-corrected chi connectivity index (χ2v) is 8.04. The van der Waals surface area contributed by atoms with Crippen LogP contribution < -0.4 is 0 Å². The highest BCUT2D eigenvalue weighted by molar-refractivity contribution is 5.72. The number of esters is 1. The number of unbranched alkanes of at least 4 members (excludes halogenated alkanes) is 2. The Morgan fingerprint density at radius 1 is 1.32 bits per heavy atom. The number of rotatable bonds is 8. The summed E-state index contributed by atoms with van der Waals surface area (Å²) in [5.41, 5.74) is 0. The molecular formula is C21H34O4. The highest BCUT2D eigenvalue weighted by Gasteiger charge is 2.47. The molecule has 3 rings (SSSR count). The first kappa shape index (κ1) is 18.9. The fourth-order valence-corrected chi connectivity index (χ4v) is 4.58. The van der Waals surface area contributed by atoms with Crippen LogP contribution in [0.15, 0.2) is 12.2 Å². The molecule has 6 atom stereocenters. The molecule has 0 aromatic rings. The van der Waals surface area contributed by atoms with Gasteiger partial charge in [0.05, 0.1) is 12.5 Å². The van der Waals surface area contributed by atoms with Gasteiger partial charge in [-0.15, -0.1) is 0 Å². The summed E-state index contributed by atoms with van der Waals surface area (Å²) < 4.78 is 17.5. The third kappa shape index (κ3) is 5.07. The molecule has 0 N–H and O–H groups in total. The third-order valence-electron chi connectivity index (χ3n) is 6.02. The molecule has 2 aliphatic heterocycles. The fraction of sp³-hybridized carbons (Fsp3) is 0.857. The Balaban J connectivity index is 1.59. The van der Waals surface area contributed by atoms with Crippen LogP contribution in [0, 0.1) is 17.8 Å². The van der Waals surface area contributed by atoms with Crippen molar-refractivity contribution in [1.82, 2.24) is 0 Å². The first-order valence-electron chi connectivity index (χ1n) is 10.3. The van der Waals surface area contributed by atoms with Crippen molar-refractivity contribution in [1.29, 1.82) is 0 Å². The molecule has 0 aromatic carbocycles. The Labute approximate surface area is 152 Å². The van der Waals surface area contributed by atoms with E-state index in [-0.39, 0.29) is 24.5 Å². The largest absolute Gasteiger partial charge is 0.462 e. The second kappa shape index (κ2) is 9.18. The summed E-state index contributed by atoms with van der Waals surface area (Å²) in [6.07, 6.45) is 14.4. The summed E-state index contributed by atoms with van der Waals surface area (Å²) in [4.78, 5) is 11.6. The molecular weight excluding hydrogens is 316 g/mol. The van der Waals surface area contributed by atoms with Crippen LogP contribution in [0.3, 0.4) is 0 Å². The lowest BCUT2D eigenvalue weighted by Crippen LogP contribution is -2.27. The number of carbonyl (C=O) groups is 1. The van der Waals surface area contributed by atoms with Crippen LogP contribution in [-0.4, -0.2) is 31.1 Å². The van der Waals surface area contributed by atoms with Gasteiger partial charge >= 0.3 is 5.97 Å². The normalized spacial score (nSPS) is 36.6. The summed E-state index contributed by atoms with van der Waals surface area (Å²) >= 11 is 0. The second-order valence-electron chi connectivity index (χ2n) is 8.04. The van der Waals surface area contributed by atoms with Gasteiger partial charge in [0.2, 0.25) is 0 Å². The van der Waals surface area contributed by atoms with Gasteiger partial charge in [-0.3, -0.25) is 4.79 Å². The molecule has 2 heterocycles. The molecule has 3 fully saturated rings. The van der Waals surface area contributed by atoms with Crippen molar-refractivity contribution in [2.24, 2.45) is 17.8 Å². The molecule has 0 spiro atoms. The van der Waals surface area contributed by atoms with Gasteiger partial charge < -0.3 is 14.2 Å². The Kier molecular flexibility index (Phi) is 6.94. The maximum Gasteiger partial charge on any atom is 0.306 e. The van der Waals surface area contributed by atoms with Crippen LogP contribution >= 0.6 is 0 Å². The van der Waals surface area contributed by atoms with Gasteiger partial charge in [0, 0.05) is 12.5 Å². The van der Waals surface area contributed by atoms with Gasteiger partial charge in [-0.1, -0.05) is 45.3 Å². The Morgan fingerprint density at radius 2 is 2.20 bits per heavy atom. The maximum absolute atomic E-state index is 11.6. The number of ether oxygens (including phenoxy) is 3. The van der Waals surface area contributed by atoms with Gasteiger partial charge in [0.25, 0.3) is 0 Å². The van der Waals surface area contributed by atoms with Crippen LogP contribution in [0.1, 0.15) is 71.6 Å². The minimum atomic E-state index is -0.0461. The molecule has 0 bridgehead atoms. The Bertz CT molecular complexity index is 455. The predicted molar refractivity (Wildman–Crippen MR) is 97.0 cm³/mol. The topological polar surface area (TPSA) is 44.8 Å². The molecule has 0 aromatic heterocycles. The summed E-state index contributed by atoms with van der Waals surface area (Å²) in [6.45, 7) is 5.32. The zero-order valence-corrected chi connectivity index (χ0v) is 15.8. The number of hydrogen-bond donors (Lipinski definition) is 0. The van der Waals surface area contributed by atoms with Crippen LogP contribution in [0.2, 0.25) is 0 Å². The van der Waals surface area contributed by atoms with Crippen molar-refractivity contribution >= 4 is 5.97 Å². The molecule has 1 unspecified atom stereocenters. The van der Waals surface area contributed by atoms with Gasteiger partial charge in [-0.05, 0) is 43.9 Å². The van der Waals surface area contributed by atoms with Crippen LogP contribution in [-0.2, 0) is 19.0 Å². The lowest BCUT2D eigenvalue weighted by molar-refractivity contribution is -0.179. The van der Waals surface area contributed by atoms with Crippen LogP contribution in [0.25, 0.3) is 0 Å². The van der Waals surface area contributed by atoms with E-state index < -0.39 is 0 Å². The minimum Gasteiger partial charge on any atom is -0.462 e. The van der Waals surface area contributed by atoms with E-state index in [0.29, 0.717) is 24.2 Å². The molecule has 2 saturated heterocycles. The zero-order valence-electron chi connectivity index (χ0n) is 15.8. The van der Waals surface area contributed by atoms with Gasteiger partial charge in [-0.2, -0.15) is 0 Å². The molecule has 3 aliphatic rings. The SMILES string of the molecule is CCCCC[C@@H](/C=C/[C@@H]1[C@H]2CC(=O)O[C@H]2C[C@H]1C)OC1CCCCO1. The van der Waals surface area contributed by atoms with Crippen molar-refractivity contribution in [3.8, 4) is 0 Å². The molecule has 0 radical (unpaired) electrons. The van der Waals surface area contributed by atoms with Gasteiger partial charge in [0.1, 0.15) is 6.10 Å². The van der Waals surface area contributed by atoms with E-state index in [2.05, 4.69) is 26.0 Å². The summed E-state index contributed by atoms with van der Waals surface area (Å²) in [5.74, 6) is 1.34. The summed E-state index contributed by atoms with van der Waals surface area (Å²) in [5, 5.41) is 0. The van der Waals surface area contributed by atoms with E-state index >= 15 is 0 Å². The van der Waals surface area contributed by atoms with Crippen molar-refractivity contribution in [3.63, 3.8) is 0 Å². The Hall–Kier alpha value is -0.870. The van der Waals surface area contributed by atoms with E-state index in [1.165, 1.54) is 25.7 Å². The number of fused-ring (bicyclic) bond motifs is 1. The predicted octanol–water partition coefficient (Wildman–Crippen LogP) is 4.62. The minimum absolute atomic E-state index is 0.0216. The molecule has 1 aliphatic carbocycles. The van der Waals surface area contributed by atoms with E-state index in [1.807, 2.05) is 0 Å². The zero-order chi connectivity index (χ0) is 17.6. The first-order valence-corrected chi connectivity index (χ1v) is 10.3. The maximum atomic E-state index is 11.6. The number of allylic oxidation sites excluding steroid dienone is 1. The standard InChI is InChI=1S/C21H34O4/c1-3-4-5-8-16(24-21-9-6-7-12-23-21)10-11-17-15(2)13-19-18(17)14-20(22)25-19/h10-11,15-19,21H,3-9,12-14H2,1-2H3/b11-10+/t15-,16+,17+,18-,19+,21?/m1/s1. The smallest absolute Gasteiger partial charge is 0.306 e. The lowest BCUT2D eigenvalue weighted by Gasteiger charge is -2.27. The van der Waals surface area contributed by atoms with Crippen molar-refractivity contribution in [3.05, 3.63) is 12.2 Å². The third-order valence-corrected chi connectivity index (χ3v) is 6.02. The highest BCUT2D eigenvalue weighted by Crippen LogP contribution is 2.45. The molecule has 1 saturated carbocycles. The van der Waals surface area contributed by atoms with Crippen molar-refractivity contribution in [2.75, 3.05) is 6.61 Å². The lowest BCUT2D eigenvalue weighted by atomic mass is 9.88. The van der Waals surface area contributed by atoms with Crippen molar-refractivity contribution in [2.45, 2.75) is 90.1 Å². The molecule has 4 heteroatoms. The monoisotopic (exact) mass is 350 g/mol. The van der Waals surface area contributed by atoms with E-state index in [9.17, 15) is 4.79 Å². The Morgan fingerprint density at radius 3 is 2.96 bits per heavy atom. The molecule has 25 heavy (non-hydrogen) atoms. The van der Waals surface area contributed by atoms with Crippen molar-refractivity contribution < 1.29 is 19.0 Å². The van der Waals surface area contributed by atoms with E-state index in [4.69, 9.17) is 14.2 Å². The van der Waals surface area contributed by atoms with Crippen LogP contribution in [0.5, 0.6) is 0 Å². The highest BCUT2D eigenvalue weighted by atomic mass is 16.7.